The molecule has 1 aliphatic rings. The van der Waals surface area contributed by atoms with E-state index in [-0.39, 0.29) is 0 Å². The second-order valence-corrected chi connectivity index (χ2v) is 4.74. The Kier molecular flexibility index (Phi) is 2.62. The highest BCUT2D eigenvalue weighted by molar-refractivity contribution is 5.84. The van der Waals surface area contributed by atoms with E-state index in [0.717, 1.165) is 0 Å². The number of nitrogens with zero attached hydrogens (tertiary/aromatic N) is 7. The van der Waals surface area contributed by atoms with Gasteiger partial charge in [0.25, 0.3) is 0 Å². The third kappa shape index (κ3) is 1.65. The lowest BCUT2D eigenvalue weighted by molar-refractivity contribution is -0.0511. The molecule has 3 aromatic heterocycles. The van der Waals surface area contributed by atoms with Crippen molar-refractivity contribution in [2.24, 2.45) is 0 Å². The fourth-order valence-electron chi connectivity index (χ4n) is 2.47. The van der Waals surface area contributed by atoms with Crippen LogP contribution in [0.4, 0.5) is 0 Å². The Morgan fingerprint density at radius 2 is 2.00 bits per heavy atom. The second-order valence-electron chi connectivity index (χ2n) is 4.74. The number of tetrazole rings is 1. The van der Waals surface area contributed by atoms with Gasteiger partial charge in [-0.1, -0.05) is 0 Å². The molecule has 0 spiro atoms. The van der Waals surface area contributed by atoms with Crippen LogP contribution in [0.1, 0.15) is 6.23 Å². The molecule has 4 unspecified atom stereocenters. The maximum atomic E-state index is 10.1. The van der Waals surface area contributed by atoms with Crippen LogP contribution >= 0.6 is 0 Å². The van der Waals surface area contributed by atoms with Gasteiger partial charge >= 0.3 is 0 Å². The second kappa shape index (κ2) is 4.39. The Labute approximate surface area is 116 Å². The molecule has 1 fully saturated rings. The average Bonchev–Trinajstić information content (AvgIpc) is 3.17. The van der Waals surface area contributed by atoms with Crippen LogP contribution in [0.25, 0.3) is 16.8 Å². The standard InChI is InChI=1S/C10H11N7O4/c18-1-4-6(19)7(20)10(21-4)16-2-11-5-8(16)12-3-17-9(5)13-14-15-17/h2-4,6-7,10,18-20H,1H2. The molecular formula is C10H11N7O4. The number of rotatable bonds is 2. The Morgan fingerprint density at radius 1 is 1.14 bits per heavy atom. The van der Waals surface area contributed by atoms with Gasteiger partial charge in [-0.2, -0.15) is 4.52 Å². The lowest BCUT2D eigenvalue weighted by Gasteiger charge is -2.16. The van der Waals surface area contributed by atoms with Crippen molar-refractivity contribution >= 4 is 16.8 Å². The van der Waals surface area contributed by atoms with E-state index in [2.05, 4.69) is 25.5 Å². The third-order valence-corrected chi connectivity index (χ3v) is 3.55. The number of imidazole rings is 1. The summed E-state index contributed by atoms with van der Waals surface area (Å²) in [4.78, 5) is 8.36. The molecule has 11 nitrogen and oxygen atoms in total. The van der Waals surface area contributed by atoms with Crippen molar-refractivity contribution < 1.29 is 20.1 Å². The number of ether oxygens (including phenoxy) is 1. The van der Waals surface area contributed by atoms with E-state index < -0.39 is 31.1 Å². The lowest BCUT2D eigenvalue weighted by atomic mass is 10.1. The first-order chi connectivity index (χ1) is 10.2. The normalized spacial score (nSPS) is 29.7. The minimum absolute atomic E-state index is 0.396. The molecule has 0 radical (unpaired) electrons. The topological polar surface area (TPSA) is 144 Å². The quantitative estimate of drug-likeness (QED) is 0.466. The van der Waals surface area contributed by atoms with Crippen LogP contribution in [0, 0.1) is 0 Å². The smallest absolute Gasteiger partial charge is 0.210 e. The SMILES string of the molecule is OCC1OC(n2cnc3c2ncn2nnnc32)C(O)C1O. The van der Waals surface area contributed by atoms with Crippen molar-refractivity contribution in [2.75, 3.05) is 6.61 Å². The van der Waals surface area contributed by atoms with E-state index in [1.807, 2.05) is 0 Å². The van der Waals surface area contributed by atoms with Crippen LogP contribution in [0.15, 0.2) is 12.7 Å². The number of aromatic nitrogens is 7. The van der Waals surface area contributed by atoms with Crippen molar-refractivity contribution in [1.29, 1.82) is 0 Å². The molecule has 1 aliphatic heterocycles. The van der Waals surface area contributed by atoms with Gasteiger partial charge in [-0.05, 0) is 10.4 Å². The summed E-state index contributed by atoms with van der Waals surface area (Å²) in [6.07, 6.45) is -1.30. The molecule has 11 heteroatoms. The Morgan fingerprint density at radius 3 is 2.76 bits per heavy atom. The zero-order valence-corrected chi connectivity index (χ0v) is 10.6. The molecule has 0 bridgehead atoms. The molecule has 4 heterocycles. The zero-order valence-electron chi connectivity index (χ0n) is 10.6. The summed E-state index contributed by atoms with van der Waals surface area (Å²) >= 11 is 0. The van der Waals surface area contributed by atoms with E-state index in [1.165, 1.54) is 21.7 Å². The minimum atomic E-state index is -1.20. The summed E-state index contributed by atoms with van der Waals surface area (Å²) in [5.74, 6) is 0. The van der Waals surface area contributed by atoms with E-state index in [4.69, 9.17) is 9.84 Å². The maximum Gasteiger partial charge on any atom is 0.210 e. The Bertz CT molecular complexity index is 801. The monoisotopic (exact) mass is 293 g/mol. The van der Waals surface area contributed by atoms with E-state index in [9.17, 15) is 10.2 Å². The minimum Gasteiger partial charge on any atom is -0.394 e. The number of fused-ring (bicyclic) bond motifs is 3. The molecule has 110 valence electrons. The molecular weight excluding hydrogens is 282 g/mol. The molecule has 4 rings (SSSR count). The first-order valence-corrected chi connectivity index (χ1v) is 6.22. The summed E-state index contributed by atoms with van der Waals surface area (Å²) < 4.78 is 8.31. The molecule has 1 saturated heterocycles. The summed E-state index contributed by atoms with van der Waals surface area (Å²) in [5.41, 5.74) is 1.28. The number of hydrogen-bond acceptors (Lipinski definition) is 9. The average molecular weight is 293 g/mol. The van der Waals surface area contributed by atoms with Gasteiger partial charge in [-0.15, -0.1) is 5.10 Å². The van der Waals surface area contributed by atoms with Crippen LogP contribution in [0.3, 0.4) is 0 Å². The van der Waals surface area contributed by atoms with Crippen molar-refractivity contribution in [3.05, 3.63) is 12.7 Å². The molecule has 4 atom stereocenters. The van der Waals surface area contributed by atoms with Gasteiger partial charge in [0.2, 0.25) is 5.65 Å². The van der Waals surface area contributed by atoms with E-state index in [1.54, 1.807) is 0 Å². The highest BCUT2D eigenvalue weighted by Crippen LogP contribution is 2.31. The fraction of sp³-hybridized carbons (Fsp3) is 0.500. The molecule has 0 saturated carbocycles. The van der Waals surface area contributed by atoms with Gasteiger partial charge in [0.05, 0.1) is 12.9 Å². The molecule has 21 heavy (non-hydrogen) atoms. The summed E-state index contributed by atoms with van der Waals surface area (Å²) in [5, 5.41) is 40.1. The van der Waals surface area contributed by atoms with Crippen molar-refractivity contribution in [3.63, 3.8) is 0 Å². The van der Waals surface area contributed by atoms with Crippen molar-refractivity contribution in [1.82, 2.24) is 34.6 Å². The van der Waals surface area contributed by atoms with Crippen LogP contribution in [0.2, 0.25) is 0 Å². The summed E-state index contributed by atoms with van der Waals surface area (Å²) in [6, 6.07) is 0. The first-order valence-electron chi connectivity index (χ1n) is 6.22. The van der Waals surface area contributed by atoms with Gasteiger partial charge < -0.3 is 20.1 Å². The van der Waals surface area contributed by atoms with Crippen LogP contribution < -0.4 is 0 Å². The van der Waals surface area contributed by atoms with Gasteiger partial charge in [0.15, 0.2) is 17.4 Å². The lowest BCUT2D eigenvalue weighted by Crippen LogP contribution is -2.33. The van der Waals surface area contributed by atoms with Gasteiger partial charge in [-0.25, -0.2) is 9.97 Å². The van der Waals surface area contributed by atoms with Gasteiger partial charge in [-0.3, -0.25) is 4.57 Å². The van der Waals surface area contributed by atoms with Crippen molar-refractivity contribution in [3.8, 4) is 0 Å². The first kappa shape index (κ1) is 12.5. The van der Waals surface area contributed by atoms with Crippen molar-refractivity contribution in [2.45, 2.75) is 24.5 Å². The summed E-state index contributed by atoms with van der Waals surface area (Å²) in [6.45, 7) is -0.396. The molecule has 0 aromatic carbocycles. The summed E-state index contributed by atoms with van der Waals surface area (Å²) in [7, 11) is 0. The highest BCUT2D eigenvalue weighted by Gasteiger charge is 2.44. The van der Waals surface area contributed by atoms with E-state index in [0.29, 0.717) is 16.8 Å². The number of aliphatic hydroxyl groups excluding tert-OH is 3. The largest absolute Gasteiger partial charge is 0.394 e. The van der Waals surface area contributed by atoms with Gasteiger partial charge in [0.1, 0.15) is 24.6 Å². The predicted molar refractivity (Wildman–Crippen MR) is 64.9 cm³/mol. The fourth-order valence-corrected chi connectivity index (χ4v) is 2.47. The highest BCUT2D eigenvalue weighted by atomic mass is 16.6. The third-order valence-electron chi connectivity index (χ3n) is 3.55. The molecule has 0 aliphatic carbocycles. The molecule has 0 amide bonds. The van der Waals surface area contributed by atoms with E-state index >= 15 is 0 Å². The Hall–Kier alpha value is -2.21. The molecule has 3 N–H and O–H groups in total. The number of hydrogen-bond donors (Lipinski definition) is 3. The van der Waals surface area contributed by atoms with Crippen LogP contribution in [-0.4, -0.2) is 74.8 Å². The molecule has 3 aromatic rings. The number of aliphatic hydroxyl groups is 3. The van der Waals surface area contributed by atoms with Gasteiger partial charge in [0, 0.05) is 0 Å². The zero-order chi connectivity index (χ0) is 14.6. The van der Waals surface area contributed by atoms with Crippen LogP contribution in [0.5, 0.6) is 0 Å². The predicted octanol–water partition coefficient (Wildman–Crippen LogP) is -2.52. The van der Waals surface area contributed by atoms with Crippen LogP contribution in [-0.2, 0) is 4.74 Å². The maximum absolute atomic E-state index is 10.1. The Balaban J connectivity index is 1.84.